The lowest BCUT2D eigenvalue weighted by Crippen LogP contribution is -2.61. The van der Waals surface area contributed by atoms with Gasteiger partial charge in [0.2, 0.25) is 0 Å². The molecule has 0 saturated carbocycles. The molecule has 1 aromatic carbocycles. The molecule has 13 nitrogen and oxygen atoms in total. The Bertz CT molecular complexity index is 1940. The smallest absolute Gasteiger partial charge is 0.324 e. The van der Waals surface area contributed by atoms with Gasteiger partial charge in [0.15, 0.2) is 0 Å². The minimum Gasteiger partial charge on any atom is -0.464 e. The number of nitrogens with one attached hydrogen (secondary N) is 2. The van der Waals surface area contributed by atoms with Crippen LogP contribution >= 0.6 is 11.3 Å². The monoisotopic (exact) mass is 759 g/mol. The number of ether oxygens (including phenoxy) is 3. The lowest BCUT2D eigenvalue weighted by atomic mass is 9.84. The Balaban J connectivity index is 1.49. The number of nitrogens with zero attached hydrogens (tertiary/aromatic N) is 5. The molecule has 3 aromatic rings. The number of amides is 3. The number of urea groups is 1. The molecule has 14 heteroatoms. The summed E-state index contributed by atoms with van der Waals surface area (Å²) >= 11 is 1.45. The van der Waals surface area contributed by atoms with Crippen molar-refractivity contribution in [3.8, 4) is 11.3 Å². The quantitative estimate of drug-likeness (QED) is 0.186. The summed E-state index contributed by atoms with van der Waals surface area (Å²) in [4.78, 5) is 52.7. The highest BCUT2D eigenvalue weighted by Crippen LogP contribution is 2.40. The Morgan fingerprint density at radius 2 is 2.04 bits per heavy atom. The fraction of sp³-hybridized carbons (Fsp3) is 0.525. The van der Waals surface area contributed by atoms with E-state index in [0.717, 1.165) is 44.7 Å². The van der Waals surface area contributed by atoms with Crippen LogP contribution in [0.5, 0.6) is 0 Å². The van der Waals surface area contributed by atoms with Gasteiger partial charge in [-0.3, -0.25) is 19.6 Å². The van der Waals surface area contributed by atoms with E-state index in [0.29, 0.717) is 63.7 Å². The molecule has 6 rings (SSSR count). The van der Waals surface area contributed by atoms with Crippen LogP contribution in [0.1, 0.15) is 63.7 Å². The number of hydrogen-bond acceptors (Lipinski definition) is 10. The average molecular weight is 760 g/mol. The van der Waals surface area contributed by atoms with E-state index in [9.17, 15) is 14.4 Å². The van der Waals surface area contributed by atoms with Gasteiger partial charge in [-0.05, 0) is 57.7 Å². The van der Waals surface area contributed by atoms with E-state index in [2.05, 4.69) is 60.9 Å². The van der Waals surface area contributed by atoms with Crippen LogP contribution in [0.2, 0.25) is 0 Å². The maximum absolute atomic E-state index is 14.1. The van der Waals surface area contributed by atoms with Crippen LogP contribution in [0.15, 0.2) is 46.9 Å². The molecule has 3 aliphatic heterocycles. The first-order valence-corrected chi connectivity index (χ1v) is 19.7. The topological polar surface area (TPSA) is 140 Å². The molecule has 0 radical (unpaired) electrons. The van der Waals surface area contributed by atoms with Gasteiger partial charge in [-0.1, -0.05) is 32.6 Å². The van der Waals surface area contributed by atoms with Crippen molar-refractivity contribution >= 4 is 51.9 Å². The number of aryl methyl sites for hydroxylation is 1. The predicted octanol–water partition coefficient (Wildman–Crippen LogP) is 5.38. The van der Waals surface area contributed by atoms with Crippen LogP contribution < -0.4 is 10.7 Å². The number of morpholine rings is 1. The number of aromatic nitrogens is 2. The Kier molecular flexibility index (Phi) is 12.4. The highest BCUT2D eigenvalue weighted by molar-refractivity contribution is 7.10. The maximum atomic E-state index is 14.1. The summed E-state index contributed by atoms with van der Waals surface area (Å²) in [6.07, 6.45) is 5.24. The number of fused-ring (bicyclic) bond motifs is 6. The first-order chi connectivity index (χ1) is 26.0. The lowest BCUT2D eigenvalue weighted by Gasteiger charge is -2.36. The number of aliphatic imine (C=N–C) groups is 1. The molecule has 6 bridgehead atoms. The zero-order valence-electron chi connectivity index (χ0n) is 32.3. The van der Waals surface area contributed by atoms with Crippen molar-refractivity contribution in [1.29, 1.82) is 0 Å². The Hall–Kier alpha value is -4.37. The molecule has 3 aliphatic rings. The van der Waals surface area contributed by atoms with Gasteiger partial charge >= 0.3 is 12.0 Å². The van der Waals surface area contributed by atoms with Gasteiger partial charge in [-0.2, -0.15) is 0 Å². The molecule has 0 unspecified atom stereocenters. The third-order valence-electron chi connectivity index (χ3n) is 10.3. The van der Waals surface area contributed by atoms with Crippen LogP contribution in [0.4, 0.5) is 4.79 Å². The van der Waals surface area contributed by atoms with Crippen LogP contribution in [0.3, 0.4) is 0 Å². The molecule has 2 saturated heterocycles. The van der Waals surface area contributed by atoms with Crippen molar-refractivity contribution in [2.75, 3.05) is 46.6 Å². The molecule has 2 fully saturated rings. The fourth-order valence-electron chi connectivity index (χ4n) is 7.48. The minimum atomic E-state index is -0.909. The number of allylic oxidation sites excluding steroid dienone is 2. The molecular weight excluding hydrogens is 707 g/mol. The van der Waals surface area contributed by atoms with E-state index in [1.165, 1.54) is 16.3 Å². The second kappa shape index (κ2) is 17.0. The van der Waals surface area contributed by atoms with Crippen molar-refractivity contribution in [3.05, 3.63) is 58.2 Å². The Morgan fingerprint density at radius 3 is 2.74 bits per heavy atom. The largest absolute Gasteiger partial charge is 0.464 e. The van der Waals surface area contributed by atoms with Crippen LogP contribution in [-0.2, 0) is 43.2 Å². The summed E-state index contributed by atoms with van der Waals surface area (Å²) in [5.74, 6) is -0.744. The molecule has 5 heterocycles. The first-order valence-electron chi connectivity index (χ1n) is 18.8. The van der Waals surface area contributed by atoms with Crippen molar-refractivity contribution in [1.82, 2.24) is 30.2 Å². The van der Waals surface area contributed by atoms with Crippen molar-refractivity contribution in [2.24, 2.45) is 10.4 Å². The number of benzene rings is 1. The molecule has 2 N–H and O–H groups in total. The number of hydrazine groups is 1. The summed E-state index contributed by atoms with van der Waals surface area (Å²) in [5.41, 5.74) is 9.15. The second-order valence-electron chi connectivity index (χ2n) is 14.8. The van der Waals surface area contributed by atoms with Crippen LogP contribution in [0.25, 0.3) is 27.7 Å². The number of esters is 1. The second-order valence-corrected chi connectivity index (χ2v) is 15.7. The van der Waals surface area contributed by atoms with Gasteiger partial charge in [0.05, 0.1) is 48.0 Å². The van der Waals surface area contributed by atoms with E-state index in [4.69, 9.17) is 24.2 Å². The number of hydrogen-bond donors (Lipinski definition) is 2. The number of cyclic esters (lactones) is 1. The van der Waals surface area contributed by atoms with Gasteiger partial charge in [-0.15, -0.1) is 11.3 Å². The summed E-state index contributed by atoms with van der Waals surface area (Å²) < 4.78 is 19.6. The van der Waals surface area contributed by atoms with E-state index in [-0.39, 0.29) is 31.1 Å². The number of thiazole rings is 1. The Morgan fingerprint density at radius 1 is 1.26 bits per heavy atom. The molecule has 2 aromatic heterocycles. The van der Waals surface area contributed by atoms with Crippen LogP contribution in [-0.4, -0.2) is 108 Å². The fourth-order valence-corrected chi connectivity index (χ4v) is 8.33. The van der Waals surface area contributed by atoms with E-state index < -0.39 is 23.5 Å². The molecule has 3 amide bonds. The van der Waals surface area contributed by atoms with E-state index in [1.807, 2.05) is 25.3 Å². The highest BCUT2D eigenvalue weighted by atomic mass is 32.1. The molecule has 290 valence electrons. The normalized spacial score (nSPS) is 22.1. The summed E-state index contributed by atoms with van der Waals surface area (Å²) in [6.45, 7) is 17.4. The summed E-state index contributed by atoms with van der Waals surface area (Å²) in [6, 6.07) is 4.43. The van der Waals surface area contributed by atoms with Gasteiger partial charge in [0.1, 0.15) is 12.1 Å². The molecular formula is C40H53N7O6S. The van der Waals surface area contributed by atoms with Crippen molar-refractivity contribution < 1.29 is 28.6 Å². The molecule has 3 atom stereocenters. The van der Waals surface area contributed by atoms with Crippen LogP contribution in [0, 0.1) is 5.41 Å². The minimum absolute atomic E-state index is 0.158. The standard InChI is InChI=1S/C40H53N7O6S/c1-8-27(35(41-9-2)25(4)51-7)36-29-22-40(5,6)24-53-38(49)30-12-11-15-47(44-30)37(48)31(43-39(50)45-16-18-52-19-17-45)21-34-42-32(23-54-34)26-13-14-33(28(29)20-26)46(36)10-3/h8-9,13-14,20,23,25,30-31,44H,1,10-12,15-19,21-22,24H2,2-7H3,(H,43,50)/b35-27+,41-9?/t25-,30-,31-/m0/s1. The molecule has 0 spiro atoms. The Labute approximate surface area is 321 Å². The molecule has 0 aliphatic carbocycles. The van der Waals surface area contributed by atoms with Gasteiger partial charge < -0.3 is 29.0 Å². The maximum Gasteiger partial charge on any atom is 0.324 e. The third-order valence-corrected chi connectivity index (χ3v) is 11.2. The summed E-state index contributed by atoms with van der Waals surface area (Å²) in [5, 5.41) is 8.21. The van der Waals surface area contributed by atoms with E-state index >= 15 is 0 Å². The van der Waals surface area contributed by atoms with Gasteiger partial charge in [0.25, 0.3) is 5.91 Å². The van der Waals surface area contributed by atoms with Gasteiger partial charge in [-0.25, -0.2) is 15.2 Å². The van der Waals surface area contributed by atoms with E-state index in [1.54, 1.807) is 18.2 Å². The average Bonchev–Trinajstić information content (AvgIpc) is 3.77. The zero-order chi connectivity index (χ0) is 38.6. The number of methoxy groups -OCH3 is 1. The molecule has 54 heavy (non-hydrogen) atoms. The predicted molar refractivity (Wildman–Crippen MR) is 211 cm³/mol. The highest BCUT2D eigenvalue weighted by Gasteiger charge is 2.36. The zero-order valence-corrected chi connectivity index (χ0v) is 33.1. The lowest BCUT2D eigenvalue weighted by molar-refractivity contribution is -0.155. The number of carbonyl (C=O) groups excluding carboxylic acids is 3. The third kappa shape index (κ3) is 8.31. The van der Waals surface area contributed by atoms with Crippen molar-refractivity contribution in [2.45, 2.75) is 85.0 Å². The number of rotatable bonds is 7. The first kappa shape index (κ1) is 39.3. The number of carbonyl (C=O) groups is 3. The van der Waals surface area contributed by atoms with Crippen molar-refractivity contribution in [3.63, 3.8) is 0 Å². The summed E-state index contributed by atoms with van der Waals surface area (Å²) in [7, 11) is 1.67. The SMILES string of the molecule is C=C/C(=C(\N=CC)[C@H](C)OC)c1c2c3cc(ccc3n1CC)-c1csc(n1)C[C@H](NC(=O)N1CCOCC1)C(=O)N1CCC[C@H](N1)C(=O)OCC(C)(C)C2. The van der Waals surface area contributed by atoms with Gasteiger partial charge in [0, 0.05) is 78.8 Å².